The standard InChI is InChI=1S/C26H34FN3O5/c1-16(25(33)28-11-12-35-5)13-23-18(3)17(2)15-30(23)19(4)26(34)29-22-14-21(27)10-9-20(22)7-6-8-24(31)32/h9-10,13-15,19H,6-8,11-12H2,1-5H3,(H,28,33)(H,29,34)(H,31,32)/b16-13+. The molecule has 0 aliphatic rings. The number of benzene rings is 1. The molecule has 1 heterocycles. The zero-order chi connectivity index (χ0) is 26.1. The lowest BCUT2D eigenvalue weighted by Gasteiger charge is -2.19. The van der Waals surface area contributed by atoms with Crippen LogP contribution in [0.4, 0.5) is 10.1 Å². The van der Waals surface area contributed by atoms with Crippen LogP contribution in [0.25, 0.3) is 6.08 Å². The van der Waals surface area contributed by atoms with E-state index in [-0.39, 0.29) is 18.2 Å². The van der Waals surface area contributed by atoms with E-state index in [9.17, 15) is 18.8 Å². The number of amides is 2. The number of nitrogens with one attached hydrogen (secondary N) is 2. The number of hydrogen-bond donors (Lipinski definition) is 3. The second-order valence-corrected chi connectivity index (χ2v) is 8.52. The first-order valence-corrected chi connectivity index (χ1v) is 11.5. The van der Waals surface area contributed by atoms with Crippen LogP contribution in [-0.2, 0) is 25.5 Å². The second kappa shape index (κ2) is 12.9. The predicted molar refractivity (Wildman–Crippen MR) is 133 cm³/mol. The Hall–Kier alpha value is -3.46. The number of halogens is 1. The molecule has 0 spiro atoms. The summed E-state index contributed by atoms with van der Waals surface area (Å²) in [6.07, 6.45) is 4.34. The van der Waals surface area contributed by atoms with Crippen molar-refractivity contribution in [1.29, 1.82) is 0 Å². The molecular formula is C26H34FN3O5. The van der Waals surface area contributed by atoms with Gasteiger partial charge < -0.3 is 25.0 Å². The zero-order valence-electron chi connectivity index (χ0n) is 20.9. The summed E-state index contributed by atoms with van der Waals surface area (Å²) in [5.41, 5.74) is 4.10. The number of carboxylic acid groups (broad SMARTS) is 1. The lowest BCUT2D eigenvalue weighted by molar-refractivity contribution is -0.137. The van der Waals surface area contributed by atoms with Crippen LogP contribution in [0.5, 0.6) is 0 Å². The number of nitrogens with zero attached hydrogens (tertiary/aromatic N) is 1. The van der Waals surface area contributed by atoms with Crippen LogP contribution in [-0.4, -0.2) is 47.7 Å². The van der Waals surface area contributed by atoms with E-state index in [1.54, 1.807) is 37.7 Å². The minimum absolute atomic E-state index is 0.0167. The molecule has 2 amide bonds. The highest BCUT2D eigenvalue weighted by atomic mass is 19.1. The van der Waals surface area contributed by atoms with Crippen molar-refractivity contribution in [1.82, 2.24) is 9.88 Å². The monoisotopic (exact) mass is 487 g/mol. The molecule has 2 aromatic rings. The number of aryl methyl sites for hydroxylation is 2. The summed E-state index contributed by atoms with van der Waals surface area (Å²) in [6, 6.07) is 3.42. The van der Waals surface area contributed by atoms with E-state index in [0.717, 1.165) is 16.8 Å². The van der Waals surface area contributed by atoms with Gasteiger partial charge in [-0.25, -0.2) is 4.39 Å². The minimum atomic E-state index is -0.909. The van der Waals surface area contributed by atoms with Gasteiger partial charge in [-0.3, -0.25) is 14.4 Å². The summed E-state index contributed by atoms with van der Waals surface area (Å²) in [5, 5.41) is 14.5. The molecule has 9 heteroatoms. The van der Waals surface area contributed by atoms with E-state index in [0.29, 0.717) is 42.8 Å². The summed E-state index contributed by atoms with van der Waals surface area (Å²) >= 11 is 0. The van der Waals surface area contributed by atoms with Crippen molar-refractivity contribution >= 4 is 29.5 Å². The number of aliphatic carboxylic acids is 1. The third kappa shape index (κ3) is 7.78. The Morgan fingerprint density at radius 1 is 1.26 bits per heavy atom. The van der Waals surface area contributed by atoms with Crippen LogP contribution < -0.4 is 10.6 Å². The number of carbonyl (C=O) groups excluding carboxylic acids is 2. The number of carboxylic acids is 1. The number of ether oxygens (including phenoxy) is 1. The smallest absolute Gasteiger partial charge is 0.303 e. The van der Waals surface area contributed by atoms with Crippen molar-refractivity contribution in [3.8, 4) is 0 Å². The van der Waals surface area contributed by atoms with E-state index in [4.69, 9.17) is 9.84 Å². The van der Waals surface area contributed by atoms with Gasteiger partial charge in [-0.2, -0.15) is 0 Å². The van der Waals surface area contributed by atoms with Crippen molar-refractivity contribution in [2.75, 3.05) is 25.6 Å². The zero-order valence-corrected chi connectivity index (χ0v) is 20.9. The van der Waals surface area contributed by atoms with Gasteiger partial charge in [0.25, 0.3) is 0 Å². The molecule has 0 bridgehead atoms. The first-order valence-electron chi connectivity index (χ1n) is 11.5. The fourth-order valence-corrected chi connectivity index (χ4v) is 3.63. The molecule has 0 fully saturated rings. The molecule has 3 N–H and O–H groups in total. The molecule has 8 nitrogen and oxygen atoms in total. The Morgan fingerprint density at radius 3 is 2.63 bits per heavy atom. The molecule has 1 unspecified atom stereocenters. The van der Waals surface area contributed by atoms with E-state index in [2.05, 4.69) is 10.6 Å². The van der Waals surface area contributed by atoms with Gasteiger partial charge in [0, 0.05) is 43.2 Å². The van der Waals surface area contributed by atoms with E-state index in [1.165, 1.54) is 12.1 Å². The Bertz CT molecular complexity index is 1110. The molecule has 1 aromatic heterocycles. The van der Waals surface area contributed by atoms with Crippen LogP contribution >= 0.6 is 0 Å². The Labute approximate surface area is 205 Å². The molecule has 0 aliphatic carbocycles. The molecule has 0 radical (unpaired) electrons. The quantitative estimate of drug-likeness (QED) is 0.310. The van der Waals surface area contributed by atoms with E-state index in [1.807, 2.05) is 20.0 Å². The first kappa shape index (κ1) is 27.8. The lowest BCUT2D eigenvalue weighted by atomic mass is 10.1. The number of hydrogen-bond acceptors (Lipinski definition) is 4. The maximum atomic E-state index is 13.9. The molecule has 35 heavy (non-hydrogen) atoms. The molecule has 190 valence electrons. The average Bonchev–Trinajstić information content (AvgIpc) is 3.08. The summed E-state index contributed by atoms with van der Waals surface area (Å²) < 4.78 is 20.7. The van der Waals surface area contributed by atoms with Gasteiger partial charge in [0.05, 0.1) is 6.61 Å². The van der Waals surface area contributed by atoms with E-state index < -0.39 is 17.8 Å². The summed E-state index contributed by atoms with van der Waals surface area (Å²) in [4.78, 5) is 36.4. The van der Waals surface area contributed by atoms with Crippen molar-refractivity contribution in [3.63, 3.8) is 0 Å². The normalized spacial score (nSPS) is 12.3. The number of methoxy groups -OCH3 is 1. The van der Waals surface area contributed by atoms with Crippen molar-refractivity contribution in [2.45, 2.75) is 53.0 Å². The topological polar surface area (TPSA) is 110 Å². The second-order valence-electron chi connectivity index (χ2n) is 8.52. The summed E-state index contributed by atoms with van der Waals surface area (Å²) in [6.45, 7) is 8.07. The van der Waals surface area contributed by atoms with Gasteiger partial charge in [0.15, 0.2) is 0 Å². The van der Waals surface area contributed by atoms with Crippen LogP contribution in [0.15, 0.2) is 30.0 Å². The fraction of sp³-hybridized carbons (Fsp3) is 0.423. The molecule has 1 atom stereocenters. The highest BCUT2D eigenvalue weighted by Crippen LogP contribution is 2.26. The third-order valence-corrected chi connectivity index (χ3v) is 5.85. The van der Waals surface area contributed by atoms with Crippen molar-refractivity contribution in [2.24, 2.45) is 0 Å². The molecule has 0 saturated carbocycles. The van der Waals surface area contributed by atoms with Gasteiger partial charge in [-0.1, -0.05) is 6.07 Å². The maximum absolute atomic E-state index is 13.9. The largest absolute Gasteiger partial charge is 0.481 e. The van der Waals surface area contributed by atoms with Crippen LogP contribution in [0.2, 0.25) is 0 Å². The average molecular weight is 488 g/mol. The Kier molecular flexibility index (Phi) is 10.2. The summed E-state index contributed by atoms with van der Waals surface area (Å²) in [5.74, 6) is -1.99. The first-order chi connectivity index (χ1) is 16.5. The van der Waals surface area contributed by atoms with Crippen molar-refractivity contribution in [3.05, 3.63) is 58.2 Å². The molecule has 2 rings (SSSR count). The van der Waals surface area contributed by atoms with Gasteiger partial charge in [-0.05, 0) is 75.4 Å². The lowest BCUT2D eigenvalue weighted by Crippen LogP contribution is -2.28. The molecular weight excluding hydrogens is 453 g/mol. The SMILES string of the molecule is COCCNC(=O)/C(C)=C/c1c(C)c(C)cn1C(C)C(=O)Nc1cc(F)ccc1CCCC(=O)O. The Balaban J connectivity index is 2.26. The predicted octanol–water partition coefficient (Wildman–Crippen LogP) is 4.02. The maximum Gasteiger partial charge on any atom is 0.303 e. The fourth-order valence-electron chi connectivity index (χ4n) is 3.63. The molecule has 1 aromatic carbocycles. The number of anilines is 1. The third-order valence-electron chi connectivity index (χ3n) is 5.85. The van der Waals surface area contributed by atoms with Crippen LogP contribution in [0.3, 0.4) is 0 Å². The Morgan fingerprint density at radius 2 is 1.97 bits per heavy atom. The summed E-state index contributed by atoms with van der Waals surface area (Å²) in [7, 11) is 1.56. The van der Waals surface area contributed by atoms with Gasteiger partial charge >= 0.3 is 5.97 Å². The van der Waals surface area contributed by atoms with Crippen molar-refractivity contribution < 1.29 is 28.6 Å². The highest BCUT2D eigenvalue weighted by molar-refractivity contribution is 5.98. The highest BCUT2D eigenvalue weighted by Gasteiger charge is 2.21. The van der Waals surface area contributed by atoms with Gasteiger partial charge in [0.2, 0.25) is 11.8 Å². The molecule has 0 aliphatic heterocycles. The van der Waals surface area contributed by atoms with Crippen LogP contribution in [0.1, 0.15) is 55.1 Å². The van der Waals surface area contributed by atoms with Crippen LogP contribution in [0, 0.1) is 19.7 Å². The van der Waals surface area contributed by atoms with E-state index >= 15 is 0 Å². The van der Waals surface area contributed by atoms with Gasteiger partial charge in [-0.15, -0.1) is 0 Å². The van der Waals surface area contributed by atoms with Gasteiger partial charge in [0.1, 0.15) is 11.9 Å². The number of aromatic nitrogens is 1. The number of carbonyl (C=O) groups is 3. The minimum Gasteiger partial charge on any atom is -0.481 e. The number of rotatable bonds is 12. The molecule has 0 saturated heterocycles.